The normalized spacial score (nSPS) is 12.9. The van der Waals surface area contributed by atoms with E-state index in [9.17, 15) is 0 Å². The zero-order valence-corrected chi connectivity index (χ0v) is 10.8. The summed E-state index contributed by atoms with van der Waals surface area (Å²) in [7, 11) is 5.88. The van der Waals surface area contributed by atoms with Gasteiger partial charge in [-0.05, 0) is 26.1 Å². The highest BCUT2D eigenvalue weighted by atomic mass is 15.3. The lowest BCUT2D eigenvalue weighted by molar-refractivity contribution is 0.539. The zero-order valence-electron chi connectivity index (χ0n) is 10.8. The first-order chi connectivity index (χ1) is 8.10. The third kappa shape index (κ3) is 2.55. The van der Waals surface area contributed by atoms with E-state index in [1.54, 1.807) is 0 Å². The Bertz CT molecular complexity index is 497. The first-order valence-electron chi connectivity index (χ1n) is 5.76. The van der Waals surface area contributed by atoms with Gasteiger partial charge < -0.3 is 5.32 Å². The summed E-state index contributed by atoms with van der Waals surface area (Å²) in [5, 5.41) is 12.1. The molecule has 0 bridgehead atoms. The third-order valence-corrected chi connectivity index (χ3v) is 2.95. The first-order valence-corrected chi connectivity index (χ1v) is 5.76. The molecule has 2 aromatic heterocycles. The molecule has 0 fully saturated rings. The van der Waals surface area contributed by atoms with Crippen LogP contribution in [0, 0.1) is 6.92 Å². The highest BCUT2D eigenvalue weighted by molar-refractivity contribution is 5.14. The molecule has 0 aliphatic heterocycles. The van der Waals surface area contributed by atoms with Crippen molar-refractivity contribution in [2.45, 2.75) is 19.4 Å². The summed E-state index contributed by atoms with van der Waals surface area (Å²) in [6.45, 7) is 2.01. The van der Waals surface area contributed by atoms with Gasteiger partial charge in [-0.15, -0.1) is 0 Å². The molecule has 1 atom stereocenters. The van der Waals surface area contributed by atoms with Crippen molar-refractivity contribution in [3.63, 3.8) is 0 Å². The summed E-state index contributed by atoms with van der Waals surface area (Å²) >= 11 is 0. The summed E-state index contributed by atoms with van der Waals surface area (Å²) in [5.41, 5.74) is 3.33. The number of nitrogens with zero attached hydrogens (tertiary/aromatic N) is 4. The van der Waals surface area contributed by atoms with Gasteiger partial charge in [0.25, 0.3) is 0 Å². The number of aryl methyl sites for hydroxylation is 3. The van der Waals surface area contributed by atoms with Gasteiger partial charge in [0.2, 0.25) is 0 Å². The van der Waals surface area contributed by atoms with Crippen LogP contribution < -0.4 is 5.32 Å². The van der Waals surface area contributed by atoms with E-state index in [1.807, 2.05) is 49.7 Å². The number of hydrogen-bond donors (Lipinski definition) is 1. The molecule has 0 saturated carbocycles. The topological polar surface area (TPSA) is 47.7 Å². The molecule has 0 aliphatic rings. The van der Waals surface area contributed by atoms with Crippen molar-refractivity contribution < 1.29 is 0 Å². The molecule has 5 heteroatoms. The van der Waals surface area contributed by atoms with Crippen LogP contribution in [0.1, 0.15) is 23.1 Å². The Balaban J connectivity index is 2.18. The van der Waals surface area contributed by atoms with Crippen LogP contribution in [-0.4, -0.2) is 26.6 Å². The van der Waals surface area contributed by atoms with Crippen molar-refractivity contribution in [3.05, 3.63) is 35.4 Å². The first kappa shape index (κ1) is 11.9. The highest BCUT2D eigenvalue weighted by Crippen LogP contribution is 2.16. The van der Waals surface area contributed by atoms with Crippen LogP contribution in [0.3, 0.4) is 0 Å². The molecular formula is C12H19N5. The highest BCUT2D eigenvalue weighted by Gasteiger charge is 2.15. The summed E-state index contributed by atoms with van der Waals surface area (Å²) in [5.74, 6) is 0. The van der Waals surface area contributed by atoms with Crippen LogP contribution in [0.4, 0.5) is 0 Å². The van der Waals surface area contributed by atoms with Crippen molar-refractivity contribution in [2.24, 2.45) is 14.1 Å². The number of rotatable bonds is 4. The fraction of sp³-hybridized carbons (Fsp3) is 0.500. The maximum Gasteiger partial charge on any atom is 0.0797 e. The Morgan fingerprint density at radius 3 is 2.59 bits per heavy atom. The smallest absolute Gasteiger partial charge is 0.0797 e. The molecule has 0 spiro atoms. The van der Waals surface area contributed by atoms with E-state index in [-0.39, 0.29) is 6.04 Å². The largest absolute Gasteiger partial charge is 0.311 e. The average Bonchev–Trinajstić information content (AvgIpc) is 2.82. The van der Waals surface area contributed by atoms with Crippen LogP contribution in [0.2, 0.25) is 0 Å². The Labute approximate surface area is 101 Å². The van der Waals surface area contributed by atoms with Crippen LogP contribution in [-0.2, 0) is 20.5 Å². The van der Waals surface area contributed by atoms with Crippen molar-refractivity contribution in [1.82, 2.24) is 24.9 Å². The van der Waals surface area contributed by atoms with Crippen LogP contribution in [0.25, 0.3) is 0 Å². The van der Waals surface area contributed by atoms with Gasteiger partial charge in [-0.2, -0.15) is 10.2 Å². The molecule has 2 heterocycles. The second-order valence-electron chi connectivity index (χ2n) is 4.36. The third-order valence-electron chi connectivity index (χ3n) is 2.95. The minimum absolute atomic E-state index is 0.228. The Morgan fingerprint density at radius 1 is 1.35 bits per heavy atom. The standard InChI is InChI=1S/C12H19N5/c1-9-7-10(17(4)14-9)8-12(13-2)11-5-6-16(3)15-11/h5-7,12-13H,8H2,1-4H3. The van der Waals surface area contributed by atoms with E-state index in [2.05, 4.69) is 21.6 Å². The Morgan fingerprint density at radius 2 is 2.12 bits per heavy atom. The molecule has 0 radical (unpaired) electrons. The van der Waals surface area contributed by atoms with Gasteiger partial charge >= 0.3 is 0 Å². The molecule has 2 rings (SSSR count). The molecule has 1 N–H and O–H groups in total. The van der Waals surface area contributed by atoms with E-state index in [4.69, 9.17) is 0 Å². The number of aromatic nitrogens is 4. The van der Waals surface area contributed by atoms with Gasteiger partial charge in [0.1, 0.15) is 0 Å². The van der Waals surface area contributed by atoms with E-state index < -0.39 is 0 Å². The predicted molar refractivity (Wildman–Crippen MR) is 66.7 cm³/mol. The van der Waals surface area contributed by atoms with Gasteiger partial charge in [0.05, 0.1) is 17.4 Å². The lowest BCUT2D eigenvalue weighted by Gasteiger charge is -2.13. The molecule has 17 heavy (non-hydrogen) atoms. The molecule has 0 aromatic carbocycles. The van der Waals surface area contributed by atoms with Crippen molar-refractivity contribution in [2.75, 3.05) is 7.05 Å². The molecule has 5 nitrogen and oxygen atoms in total. The fourth-order valence-electron chi connectivity index (χ4n) is 2.04. The van der Waals surface area contributed by atoms with Crippen molar-refractivity contribution in [3.8, 4) is 0 Å². The van der Waals surface area contributed by atoms with E-state index >= 15 is 0 Å². The minimum Gasteiger partial charge on any atom is -0.311 e. The quantitative estimate of drug-likeness (QED) is 0.856. The molecule has 0 amide bonds. The summed E-state index contributed by atoms with van der Waals surface area (Å²) in [6, 6.07) is 4.39. The lowest BCUT2D eigenvalue weighted by Crippen LogP contribution is -2.20. The maximum absolute atomic E-state index is 4.44. The Hall–Kier alpha value is -1.62. The monoisotopic (exact) mass is 233 g/mol. The maximum atomic E-state index is 4.44. The van der Waals surface area contributed by atoms with Gasteiger partial charge in [-0.25, -0.2) is 0 Å². The van der Waals surface area contributed by atoms with Gasteiger partial charge in [-0.3, -0.25) is 9.36 Å². The SMILES string of the molecule is CNC(Cc1cc(C)nn1C)c1ccn(C)n1. The number of hydrogen-bond acceptors (Lipinski definition) is 3. The van der Waals surface area contributed by atoms with Crippen LogP contribution in [0.5, 0.6) is 0 Å². The second kappa shape index (κ2) is 4.71. The molecule has 1 unspecified atom stereocenters. The van der Waals surface area contributed by atoms with E-state index in [1.165, 1.54) is 5.69 Å². The summed E-state index contributed by atoms with van der Waals surface area (Å²) in [4.78, 5) is 0. The molecule has 92 valence electrons. The van der Waals surface area contributed by atoms with Crippen LogP contribution in [0.15, 0.2) is 18.3 Å². The number of nitrogens with one attached hydrogen (secondary N) is 1. The van der Waals surface area contributed by atoms with Crippen LogP contribution >= 0.6 is 0 Å². The van der Waals surface area contributed by atoms with Gasteiger partial charge in [0.15, 0.2) is 0 Å². The molecule has 0 saturated heterocycles. The number of likely N-dealkylation sites (N-methyl/N-ethyl adjacent to an activating group) is 1. The molecule has 2 aromatic rings. The zero-order chi connectivity index (χ0) is 12.4. The van der Waals surface area contributed by atoms with Crippen molar-refractivity contribution >= 4 is 0 Å². The minimum atomic E-state index is 0.228. The lowest BCUT2D eigenvalue weighted by atomic mass is 10.1. The summed E-state index contributed by atoms with van der Waals surface area (Å²) < 4.78 is 3.76. The van der Waals surface area contributed by atoms with Gasteiger partial charge in [0, 0.05) is 32.4 Å². The Kier molecular flexibility index (Phi) is 3.28. The second-order valence-corrected chi connectivity index (χ2v) is 4.36. The summed E-state index contributed by atoms with van der Waals surface area (Å²) in [6.07, 6.45) is 2.86. The van der Waals surface area contributed by atoms with Gasteiger partial charge in [-0.1, -0.05) is 0 Å². The average molecular weight is 233 g/mol. The molecule has 0 aliphatic carbocycles. The fourth-order valence-corrected chi connectivity index (χ4v) is 2.04. The van der Waals surface area contributed by atoms with Crippen molar-refractivity contribution in [1.29, 1.82) is 0 Å². The molecular weight excluding hydrogens is 214 g/mol. The van der Waals surface area contributed by atoms with E-state index in [0.29, 0.717) is 0 Å². The van der Waals surface area contributed by atoms with E-state index in [0.717, 1.165) is 17.8 Å². The predicted octanol–water partition coefficient (Wildman–Crippen LogP) is 0.965.